The predicted octanol–water partition coefficient (Wildman–Crippen LogP) is 2.48. The van der Waals surface area contributed by atoms with E-state index in [1.165, 1.54) is 7.11 Å². The van der Waals surface area contributed by atoms with E-state index in [4.69, 9.17) is 4.74 Å². The largest absolute Gasteiger partial charge is 0.469 e. The molecule has 108 valence electrons. The second kappa shape index (κ2) is 9.75. The Bertz CT molecular complexity index is 369. The van der Waals surface area contributed by atoms with Crippen LogP contribution in [0.15, 0.2) is 5.38 Å². The van der Waals surface area contributed by atoms with Crippen LogP contribution in [0.5, 0.6) is 0 Å². The molecule has 0 aromatic carbocycles. The number of thiazole rings is 1. The fraction of sp³-hybridized carbons (Fsp3) is 0.692. The average molecular weight is 286 g/mol. The highest BCUT2D eigenvalue weighted by atomic mass is 32.1. The van der Waals surface area contributed by atoms with Crippen molar-refractivity contribution in [2.45, 2.75) is 32.1 Å². The molecule has 0 aliphatic carbocycles. The Morgan fingerprint density at radius 3 is 2.95 bits per heavy atom. The van der Waals surface area contributed by atoms with Crippen LogP contribution in [-0.4, -0.2) is 38.3 Å². The molecule has 1 rings (SSSR count). The number of ether oxygens (including phenoxy) is 2. The van der Waals surface area contributed by atoms with E-state index >= 15 is 0 Å². The third-order valence-corrected chi connectivity index (χ3v) is 3.51. The van der Waals surface area contributed by atoms with Crippen LogP contribution in [0, 0.1) is 0 Å². The minimum absolute atomic E-state index is 0.194. The van der Waals surface area contributed by atoms with E-state index in [-0.39, 0.29) is 5.97 Å². The van der Waals surface area contributed by atoms with E-state index in [2.05, 4.69) is 15.0 Å². The zero-order valence-electron chi connectivity index (χ0n) is 11.6. The summed E-state index contributed by atoms with van der Waals surface area (Å²) in [6.07, 6.45) is 4.39. The van der Waals surface area contributed by atoms with Crippen LogP contribution in [0.3, 0.4) is 0 Å². The zero-order valence-corrected chi connectivity index (χ0v) is 12.4. The molecule has 0 fully saturated rings. The maximum atomic E-state index is 11.0. The van der Waals surface area contributed by atoms with Crippen molar-refractivity contribution in [1.29, 1.82) is 0 Å². The molecule has 0 atom stereocenters. The van der Waals surface area contributed by atoms with Crippen LogP contribution >= 0.6 is 11.3 Å². The van der Waals surface area contributed by atoms with Gasteiger partial charge < -0.3 is 14.8 Å². The van der Waals surface area contributed by atoms with Crippen LogP contribution in [-0.2, 0) is 20.7 Å². The van der Waals surface area contributed by atoms with Gasteiger partial charge in [-0.2, -0.15) is 0 Å². The Kier molecular flexibility index (Phi) is 8.16. The third-order valence-electron chi connectivity index (χ3n) is 2.67. The van der Waals surface area contributed by atoms with Crippen molar-refractivity contribution in [3.05, 3.63) is 11.1 Å². The minimum atomic E-state index is -0.194. The fourth-order valence-corrected chi connectivity index (χ4v) is 2.35. The van der Waals surface area contributed by atoms with E-state index < -0.39 is 0 Å². The van der Waals surface area contributed by atoms with Gasteiger partial charge in [0.2, 0.25) is 0 Å². The molecule has 0 aliphatic rings. The number of hydrogen-bond donors (Lipinski definition) is 1. The van der Waals surface area contributed by atoms with E-state index in [1.54, 1.807) is 18.4 Å². The summed E-state index contributed by atoms with van der Waals surface area (Å²) in [5.74, 6) is -0.194. The van der Waals surface area contributed by atoms with Gasteiger partial charge in [-0.15, -0.1) is 11.3 Å². The number of hydrogen-bond acceptors (Lipinski definition) is 6. The van der Waals surface area contributed by atoms with Gasteiger partial charge in [-0.3, -0.25) is 4.79 Å². The number of nitrogens with one attached hydrogen (secondary N) is 1. The smallest absolute Gasteiger partial charge is 0.305 e. The topological polar surface area (TPSA) is 60.5 Å². The standard InChI is InChI=1S/C13H22N2O3S/c1-17-9-5-3-4-8-14-13-15-11(10-19-13)6-7-12(16)18-2/h10H,3-9H2,1-2H3,(H,14,15). The number of carbonyl (C=O) groups excluding carboxylic acids is 1. The summed E-state index contributed by atoms with van der Waals surface area (Å²) >= 11 is 1.58. The van der Waals surface area contributed by atoms with E-state index in [9.17, 15) is 4.79 Å². The number of nitrogens with zero attached hydrogens (tertiary/aromatic N) is 1. The molecule has 1 heterocycles. The number of unbranched alkanes of at least 4 members (excludes halogenated alkanes) is 2. The number of carbonyl (C=O) groups is 1. The Hall–Kier alpha value is -1.14. The molecule has 0 bridgehead atoms. The monoisotopic (exact) mass is 286 g/mol. The Morgan fingerprint density at radius 1 is 1.37 bits per heavy atom. The number of rotatable bonds is 10. The predicted molar refractivity (Wildman–Crippen MR) is 76.7 cm³/mol. The molecule has 0 spiro atoms. The SMILES string of the molecule is COCCCCCNc1nc(CCC(=O)OC)cs1. The van der Waals surface area contributed by atoms with Gasteiger partial charge >= 0.3 is 5.97 Å². The highest BCUT2D eigenvalue weighted by Gasteiger charge is 2.05. The van der Waals surface area contributed by atoms with Crippen molar-refractivity contribution in [1.82, 2.24) is 4.98 Å². The molecule has 1 aromatic rings. The number of anilines is 1. The van der Waals surface area contributed by atoms with Crippen molar-refractivity contribution < 1.29 is 14.3 Å². The molecule has 0 saturated heterocycles. The lowest BCUT2D eigenvalue weighted by atomic mass is 10.2. The van der Waals surface area contributed by atoms with E-state index in [0.717, 1.165) is 43.2 Å². The maximum absolute atomic E-state index is 11.0. The van der Waals surface area contributed by atoms with Crippen molar-refractivity contribution in [3.8, 4) is 0 Å². The van der Waals surface area contributed by atoms with Gasteiger partial charge in [0, 0.05) is 32.1 Å². The van der Waals surface area contributed by atoms with Crippen LogP contribution in [0.1, 0.15) is 31.4 Å². The molecule has 0 amide bonds. The summed E-state index contributed by atoms with van der Waals surface area (Å²) < 4.78 is 9.60. The first-order chi connectivity index (χ1) is 9.26. The molecular formula is C13H22N2O3S. The molecule has 0 aliphatic heterocycles. The van der Waals surface area contributed by atoms with Gasteiger partial charge in [-0.1, -0.05) is 0 Å². The van der Waals surface area contributed by atoms with Gasteiger partial charge in [0.25, 0.3) is 0 Å². The molecule has 0 saturated carbocycles. The van der Waals surface area contributed by atoms with Gasteiger partial charge in [0.05, 0.1) is 19.2 Å². The third kappa shape index (κ3) is 7.12. The lowest BCUT2D eigenvalue weighted by Gasteiger charge is -2.02. The summed E-state index contributed by atoms with van der Waals surface area (Å²) in [5.41, 5.74) is 0.942. The number of aromatic nitrogens is 1. The molecule has 0 unspecified atom stereocenters. The number of esters is 1. The fourth-order valence-electron chi connectivity index (χ4n) is 1.58. The average Bonchev–Trinajstić information content (AvgIpc) is 2.88. The van der Waals surface area contributed by atoms with Crippen molar-refractivity contribution in [2.75, 3.05) is 32.7 Å². The summed E-state index contributed by atoms with van der Waals surface area (Å²) in [6.45, 7) is 1.75. The first-order valence-corrected chi connectivity index (χ1v) is 7.38. The van der Waals surface area contributed by atoms with E-state index in [0.29, 0.717) is 12.8 Å². The van der Waals surface area contributed by atoms with Gasteiger partial charge in [-0.05, 0) is 19.3 Å². The van der Waals surface area contributed by atoms with Crippen LogP contribution < -0.4 is 5.32 Å². The van der Waals surface area contributed by atoms with Crippen molar-refractivity contribution in [3.63, 3.8) is 0 Å². The van der Waals surface area contributed by atoms with Gasteiger partial charge in [0.1, 0.15) is 0 Å². The molecule has 6 heteroatoms. The lowest BCUT2D eigenvalue weighted by molar-refractivity contribution is -0.140. The Balaban J connectivity index is 2.14. The number of aryl methyl sites for hydroxylation is 1. The highest BCUT2D eigenvalue weighted by Crippen LogP contribution is 2.16. The molecular weight excluding hydrogens is 264 g/mol. The minimum Gasteiger partial charge on any atom is -0.469 e. The summed E-state index contributed by atoms with van der Waals surface area (Å²) in [4.78, 5) is 15.4. The quantitative estimate of drug-likeness (QED) is 0.529. The summed E-state index contributed by atoms with van der Waals surface area (Å²) in [6, 6.07) is 0. The van der Waals surface area contributed by atoms with Gasteiger partial charge in [0.15, 0.2) is 5.13 Å². The van der Waals surface area contributed by atoms with Crippen molar-refractivity contribution >= 4 is 22.4 Å². The van der Waals surface area contributed by atoms with Crippen LogP contribution in [0.4, 0.5) is 5.13 Å². The molecule has 1 aromatic heterocycles. The molecule has 19 heavy (non-hydrogen) atoms. The number of methoxy groups -OCH3 is 2. The second-order valence-electron chi connectivity index (χ2n) is 4.20. The second-order valence-corrected chi connectivity index (χ2v) is 5.06. The molecule has 1 N–H and O–H groups in total. The summed E-state index contributed by atoms with van der Waals surface area (Å²) in [5, 5.41) is 6.20. The first kappa shape index (κ1) is 15.9. The van der Waals surface area contributed by atoms with Crippen molar-refractivity contribution in [2.24, 2.45) is 0 Å². The zero-order chi connectivity index (χ0) is 13.9. The van der Waals surface area contributed by atoms with Crippen LogP contribution in [0.2, 0.25) is 0 Å². The Labute approximate surface area is 118 Å². The first-order valence-electron chi connectivity index (χ1n) is 6.50. The summed E-state index contributed by atoms with van der Waals surface area (Å²) in [7, 11) is 3.13. The Morgan fingerprint density at radius 2 is 2.21 bits per heavy atom. The van der Waals surface area contributed by atoms with Gasteiger partial charge in [-0.25, -0.2) is 4.98 Å². The molecule has 5 nitrogen and oxygen atoms in total. The molecule has 0 radical (unpaired) electrons. The highest BCUT2D eigenvalue weighted by molar-refractivity contribution is 7.13. The van der Waals surface area contributed by atoms with Crippen LogP contribution in [0.25, 0.3) is 0 Å². The van der Waals surface area contributed by atoms with E-state index in [1.807, 2.05) is 5.38 Å². The lowest BCUT2D eigenvalue weighted by Crippen LogP contribution is -2.03. The maximum Gasteiger partial charge on any atom is 0.305 e. The normalized spacial score (nSPS) is 10.4.